The van der Waals surface area contributed by atoms with Crippen LogP contribution in [-0.2, 0) is 0 Å². The molecule has 1 aromatic rings. The zero-order valence-electron chi connectivity index (χ0n) is 10.9. The van der Waals surface area contributed by atoms with Gasteiger partial charge in [-0.1, -0.05) is 13.8 Å². The van der Waals surface area contributed by atoms with Gasteiger partial charge < -0.3 is 10.0 Å². The molecule has 0 bridgehead atoms. The van der Waals surface area contributed by atoms with E-state index in [-0.39, 0.29) is 5.69 Å². The fourth-order valence-electron chi connectivity index (χ4n) is 2.55. The van der Waals surface area contributed by atoms with Crippen molar-refractivity contribution in [3.8, 4) is 0 Å². The summed E-state index contributed by atoms with van der Waals surface area (Å²) in [7, 11) is 0. The molecule has 0 amide bonds. The second-order valence-corrected chi connectivity index (χ2v) is 4.94. The molecule has 0 atom stereocenters. The van der Waals surface area contributed by atoms with E-state index in [9.17, 15) is 4.79 Å². The van der Waals surface area contributed by atoms with Gasteiger partial charge in [-0.05, 0) is 24.7 Å². The third kappa shape index (κ3) is 2.30. The molecule has 0 radical (unpaired) electrons. The molecular formula is C13H19N3O2. The predicted molar refractivity (Wildman–Crippen MR) is 68.8 cm³/mol. The second-order valence-electron chi connectivity index (χ2n) is 4.94. The molecule has 2 rings (SSSR count). The summed E-state index contributed by atoms with van der Waals surface area (Å²) in [4.78, 5) is 21.0. The number of hydrogen-bond donors (Lipinski definition) is 1. The van der Waals surface area contributed by atoms with Gasteiger partial charge >= 0.3 is 5.97 Å². The van der Waals surface area contributed by atoms with Gasteiger partial charge in [0.25, 0.3) is 0 Å². The highest BCUT2D eigenvalue weighted by Crippen LogP contribution is 2.38. The lowest BCUT2D eigenvalue weighted by atomic mass is 9.82. The van der Waals surface area contributed by atoms with E-state index in [2.05, 4.69) is 28.7 Å². The van der Waals surface area contributed by atoms with E-state index in [0.29, 0.717) is 5.41 Å². The molecule has 2 heterocycles. The van der Waals surface area contributed by atoms with Crippen LogP contribution in [0.4, 0.5) is 5.82 Å². The zero-order chi connectivity index (χ0) is 13.2. The lowest BCUT2D eigenvalue weighted by Crippen LogP contribution is -2.26. The average molecular weight is 249 g/mol. The fourth-order valence-corrected chi connectivity index (χ4v) is 2.55. The molecular weight excluding hydrogens is 230 g/mol. The monoisotopic (exact) mass is 249 g/mol. The summed E-state index contributed by atoms with van der Waals surface area (Å²) < 4.78 is 0. The Bertz CT molecular complexity index is 426. The molecule has 0 aliphatic carbocycles. The number of aromatic carboxylic acids is 1. The van der Waals surface area contributed by atoms with Gasteiger partial charge in [0.05, 0.1) is 12.4 Å². The molecule has 1 aliphatic heterocycles. The summed E-state index contributed by atoms with van der Waals surface area (Å²) in [6, 6.07) is 0. The molecule has 5 heteroatoms. The molecule has 98 valence electrons. The van der Waals surface area contributed by atoms with Crippen molar-refractivity contribution in [2.24, 2.45) is 5.41 Å². The number of carbonyl (C=O) groups is 1. The third-order valence-corrected chi connectivity index (χ3v) is 4.12. The number of nitrogens with zero attached hydrogens (tertiary/aromatic N) is 3. The number of aromatic nitrogens is 2. The van der Waals surface area contributed by atoms with Crippen LogP contribution in [0.5, 0.6) is 0 Å². The van der Waals surface area contributed by atoms with Crippen molar-refractivity contribution < 1.29 is 9.90 Å². The molecule has 0 saturated carbocycles. The van der Waals surface area contributed by atoms with Gasteiger partial charge in [-0.2, -0.15) is 0 Å². The van der Waals surface area contributed by atoms with Crippen LogP contribution >= 0.6 is 0 Å². The lowest BCUT2D eigenvalue weighted by molar-refractivity contribution is 0.0690. The van der Waals surface area contributed by atoms with E-state index >= 15 is 0 Å². The smallest absolute Gasteiger partial charge is 0.356 e. The van der Waals surface area contributed by atoms with Gasteiger partial charge in [0, 0.05) is 13.1 Å². The van der Waals surface area contributed by atoms with Crippen molar-refractivity contribution >= 4 is 11.8 Å². The first kappa shape index (κ1) is 12.8. The Morgan fingerprint density at radius 2 is 2.11 bits per heavy atom. The molecule has 0 unspecified atom stereocenters. The molecule has 0 aromatic carbocycles. The van der Waals surface area contributed by atoms with Gasteiger partial charge in [-0.15, -0.1) is 0 Å². The molecule has 1 fully saturated rings. The number of hydrogen-bond acceptors (Lipinski definition) is 4. The van der Waals surface area contributed by atoms with Crippen LogP contribution in [0.2, 0.25) is 0 Å². The fraction of sp³-hybridized carbons (Fsp3) is 0.615. The summed E-state index contributed by atoms with van der Waals surface area (Å²) >= 11 is 0. The van der Waals surface area contributed by atoms with E-state index in [4.69, 9.17) is 5.11 Å². The highest BCUT2D eigenvalue weighted by atomic mass is 16.4. The maximum absolute atomic E-state index is 10.7. The van der Waals surface area contributed by atoms with Crippen LogP contribution in [0.1, 0.15) is 43.6 Å². The van der Waals surface area contributed by atoms with Crippen LogP contribution in [0.25, 0.3) is 0 Å². The highest BCUT2D eigenvalue weighted by Gasteiger charge is 2.35. The number of carboxylic acid groups (broad SMARTS) is 1. The van der Waals surface area contributed by atoms with E-state index in [1.165, 1.54) is 25.5 Å². The van der Waals surface area contributed by atoms with Crippen molar-refractivity contribution in [2.45, 2.75) is 33.1 Å². The predicted octanol–water partition coefficient (Wildman–Crippen LogP) is 2.19. The summed E-state index contributed by atoms with van der Waals surface area (Å²) in [5.41, 5.74) is 0.378. The van der Waals surface area contributed by atoms with Gasteiger partial charge in [0.15, 0.2) is 5.69 Å². The minimum atomic E-state index is -1.04. The first-order chi connectivity index (χ1) is 8.60. The Hall–Kier alpha value is -1.65. The van der Waals surface area contributed by atoms with E-state index in [0.717, 1.165) is 18.9 Å². The van der Waals surface area contributed by atoms with E-state index < -0.39 is 5.97 Å². The summed E-state index contributed by atoms with van der Waals surface area (Å²) in [6.45, 7) is 6.42. The van der Waals surface area contributed by atoms with Gasteiger partial charge in [-0.3, -0.25) is 0 Å². The molecule has 1 aromatic heterocycles. The first-order valence-electron chi connectivity index (χ1n) is 6.40. The minimum absolute atomic E-state index is 0.00445. The second kappa shape index (κ2) is 4.92. The molecule has 18 heavy (non-hydrogen) atoms. The Labute approximate surface area is 107 Å². The molecule has 5 nitrogen and oxygen atoms in total. The third-order valence-electron chi connectivity index (χ3n) is 4.12. The van der Waals surface area contributed by atoms with Crippen molar-refractivity contribution in [1.82, 2.24) is 9.97 Å². The Morgan fingerprint density at radius 1 is 1.39 bits per heavy atom. The SMILES string of the molecule is CCC1(CC)CCN(c2cnc(C(=O)O)cn2)C1. The summed E-state index contributed by atoms with van der Waals surface area (Å²) in [5.74, 6) is -0.254. The normalized spacial score (nSPS) is 18.0. The van der Waals surface area contributed by atoms with Crippen molar-refractivity contribution in [3.63, 3.8) is 0 Å². The average Bonchev–Trinajstić information content (AvgIpc) is 2.84. The molecule has 0 spiro atoms. The Balaban J connectivity index is 2.12. The van der Waals surface area contributed by atoms with E-state index in [1.54, 1.807) is 6.20 Å². The van der Waals surface area contributed by atoms with Gasteiger partial charge in [-0.25, -0.2) is 14.8 Å². The zero-order valence-corrected chi connectivity index (χ0v) is 10.9. The van der Waals surface area contributed by atoms with Crippen molar-refractivity contribution in [1.29, 1.82) is 0 Å². The minimum Gasteiger partial charge on any atom is -0.476 e. The van der Waals surface area contributed by atoms with Gasteiger partial charge in [0.1, 0.15) is 5.82 Å². The maximum Gasteiger partial charge on any atom is 0.356 e. The molecule has 1 saturated heterocycles. The number of rotatable bonds is 4. The summed E-state index contributed by atoms with van der Waals surface area (Å²) in [6.07, 6.45) is 6.39. The van der Waals surface area contributed by atoms with E-state index in [1.807, 2.05) is 0 Å². The standard InChI is InChI=1S/C13H19N3O2/c1-3-13(4-2)5-6-16(9-13)11-8-14-10(7-15-11)12(17)18/h7-8H,3-6,9H2,1-2H3,(H,17,18). The molecule has 1 aliphatic rings. The highest BCUT2D eigenvalue weighted by molar-refractivity contribution is 5.84. The van der Waals surface area contributed by atoms with Crippen LogP contribution in [0.15, 0.2) is 12.4 Å². The number of anilines is 1. The van der Waals surface area contributed by atoms with Crippen molar-refractivity contribution in [3.05, 3.63) is 18.1 Å². The quantitative estimate of drug-likeness (QED) is 0.886. The molecule has 1 N–H and O–H groups in total. The van der Waals surface area contributed by atoms with Gasteiger partial charge in [0.2, 0.25) is 0 Å². The van der Waals surface area contributed by atoms with Crippen LogP contribution in [0.3, 0.4) is 0 Å². The maximum atomic E-state index is 10.7. The van der Waals surface area contributed by atoms with Crippen LogP contribution in [0, 0.1) is 5.41 Å². The van der Waals surface area contributed by atoms with Crippen LogP contribution < -0.4 is 4.90 Å². The summed E-state index contributed by atoms with van der Waals surface area (Å²) in [5, 5.41) is 8.78. The largest absolute Gasteiger partial charge is 0.476 e. The topological polar surface area (TPSA) is 66.3 Å². The van der Waals surface area contributed by atoms with Crippen LogP contribution in [-0.4, -0.2) is 34.1 Å². The van der Waals surface area contributed by atoms with Crippen molar-refractivity contribution in [2.75, 3.05) is 18.0 Å². The first-order valence-corrected chi connectivity index (χ1v) is 6.40. The lowest BCUT2D eigenvalue weighted by Gasteiger charge is -2.26. The Morgan fingerprint density at radius 3 is 2.56 bits per heavy atom. The Kier molecular flexibility index (Phi) is 3.50. The number of carboxylic acids is 1.